The SMILES string of the molecule is CCCOC(=O)c1c(NC(=O)c2ccn(COc3ccc(C)cc3C)n2)sc(C(=O)N(C)C)c1C. The second-order valence-corrected chi connectivity index (χ2v) is 9.35. The molecule has 10 heteroatoms. The van der Waals surface area contributed by atoms with E-state index in [4.69, 9.17) is 9.47 Å². The Labute approximate surface area is 208 Å². The van der Waals surface area contributed by atoms with Gasteiger partial charge in [0.1, 0.15) is 10.8 Å². The minimum atomic E-state index is -0.582. The van der Waals surface area contributed by atoms with E-state index in [-0.39, 0.29) is 35.5 Å². The van der Waals surface area contributed by atoms with Gasteiger partial charge in [0.15, 0.2) is 12.4 Å². The molecule has 0 atom stereocenters. The Morgan fingerprint density at radius 1 is 1.14 bits per heavy atom. The molecule has 2 aromatic heterocycles. The van der Waals surface area contributed by atoms with Crippen LogP contribution >= 0.6 is 11.3 Å². The Hall–Kier alpha value is -3.66. The predicted molar refractivity (Wildman–Crippen MR) is 134 cm³/mol. The molecule has 0 fully saturated rings. The number of rotatable bonds is 9. The monoisotopic (exact) mass is 498 g/mol. The third-order valence-corrected chi connectivity index (χ3v) is 6.37. The molecule has 0 aliphatic carbocycles. The first-order valence-corrected chi connectivity index (χ1v) is 12.0. The Kier molecular flexibility index (Phi) is 8.29. The maximum Gasteiger partial charge on any atom is 0.341 e. The Bertz CT molecular complexity index is 1240. The van der Waals surface area contributed by atoms with Crippen molar-refractivity contribution in [2.75, 3.05) is 26.0 Å². The number of hydrogen-bond acceptors (Lipinski definition) is 7. The van der Waals surface area contributed by atoms with E-state index in [1.807, 2.05) is 39.0 Å². The molecule has 1 N–H and O–H groups in total. The molecule has 0 bridgehead atoms. The molecule has 1 aromatic carbocycles. The van der Waals surface area contributed by atoms with Crippen LogP contribution in [-0.4, -0.2) is 53.2 Å². The molecule has 2 amide bonds. The van der Waals surface area contributed by atoms with E-state index >= 15 is 0 Å². The van der Waals surface area contributed by atoms with Crippen LogP contribution in [0.15, 0.2) is 30.5 Å². The number of aryl methyl sites for hydroxylation is 2. The fourth-order valence-corrected chi connectivity index (χ4v) is 4.55. The van der Waals surface area contributed by atoms with Crippen LogP contribution in [-0.2, 0) is 11.5 Å². The van der Waals surface area contributed by atoms with Crippen molar-refractivity contribution in [1.29, 1.82) is 0 Å². The molecule has 0 radical (unpaired) electrons. The lowest BCUT2D eigenvalue weighted by Crippen LogP contribution is -2.21. The Balaban J connectivity index is 1.78. The summed E-state index contributed by atoms with van der Waals surface area (Å²) in [5.74, 6) is -0.615. The van der Waals surface area contributed by atoms with Crippen molar-refractivity contribution in [2.24, 2.45) is 0 Å². The van der Waals surface area contributed by atoms with E-state index < -0.39 is 11.9 Å². The van der Waals surface area contributed by atoms with Crippen molar-refractivity contribution in [1.82, 2.24) is 14.7 Å². The quantitative estimate of drug-likeness (QED) is 0.438. The highest BCUT2D eigenvalue weighted by Gasteiger charge is 2.28. The number of amides is 2. The smallest absolute Gasteiger partial charge is 0.341 e. The second-order valence-electron chi connectivity index (χ2n) is 8.33. The van der Waals surface area contributed by atoms with E-state index in [1.54, 1.807) is 33.3 Å². The summed E-state index contributed by atoms with van der Waals surface area (Å²) in [6.45, 7) is 7.90. The molecule has 2 heterocycles. The topological polar surface area (TPSA) is 103 Å². The van der Waals surface area contributed by atoms with Crippen LogP contribution in [0.4, 0.5) is 5.00 Å². The zero-order chi connectivity index (χ0) is 25.7. The summed E-state index contributed by atoms with van der Waals surface area (Å²) in [6.07, 6.45) is 2.29. The maximum absolute atomic E-state index is 12.9. The molecule has 3 aromatic rings. The van der Waals surface area contributed by atoms with Gasteiger partial charge in [-0.05, 0) is 50.5 Å². The number of nitrogens with one attached hydrogen (secondary N) is 1. The number of carbonyl (C=O) groups excluding carboxylic acids is 3. The predicted octanol–water partition coefficient (Wildman–Crippen LogP) is 4.43. The third kappa shape index (κ3) is 6.07. The number of carbonyl (C=O) groups is 3. The standard InChI is InChI=1S/C25H30N4O5S/c1-7-12-33-25(32)20-17(4)21(24(31)28(5)6)35-23(20)26-22(30)18-10-11-29(27-18)14-34-19-9-8-15(2)13-16(19)3/h8-11,13H,7,12,14H2,1-6H3,(H,26,30). The number of thiophene rings is 1. The summed E-state index contributed by atoms with van der Waals surface area (Å²) in [7, 11) is 3.25. The zero-order valence-corrected chi connectivity index (χ0v) is 21.6. The van der Waals surface area contributed by atoms with Crippen molar-refractivity contribution in [2.45, 2.75) is 40.8 Å². The van der Waals surface area contributed by atoms with Crippen molar-refractivity contribution in [3.8, 4) is 5.75 Å². The molecule has 9 nitrogen and oxygen atoms in total. The van der Waals surface area contributed by atoms with Crippen molar-refractivity contribution < 1.29 is 23.9 Å². The van der Waals surface area contributed by atoms with Gasteiger partial charge in [-0.3, -0.25) is 9.59 Å². The van der Waals surface area contributed by atoms with Crippen LogP contribution in [0.3, 0.4) is 0 Å². The number of nitrogens with zero attached hydrogens (tertiary/aromatic N) is 3. The van der Waals surface area contributed by atoms with Gasteiger partial charge in [0.05, 0.1) is 17.0 Å². The van der Waals surface area contributed by atoms with Gasteiger partial charge in [-0.15, -0.1) is 11.3 Å². The normalized spacial score (nSPS) is 10.7. The lowest BCUT2D eigenvalue weighted by Gasteiger charge is -2.09. The van der Waals surface area contributed by atoms with E-state index in [1.165, 1.54) is 9.58 Å². The molecule has 0 saturated heterocycles. The highest BCUT2D eigenvalue weighted by molar-refractivity contribution is 7.18. The maximum atomic E-state index is 12.9. The van der Waals surface area contributed by atoms with E-state index in [0.29, 0.717) is 16.9 Å². The molecule has 0 aliphatic heterocycles. The summed E-state index contributed by atoms with van der Waals surface area (Å²) in [6, 6.07) is 7.44. The van der Waals surface area contributed by atoms with Gasteiger partial charge >= 0.3 is 5.97 Å². The summed E-state index contributed by atoms with van der Waals surface area (Å²) in [4.78, 5) is 40.0. The van der Waals surface area contributed by atoms with Gasteiger partial charge in [0, 0.05) is 20.3 Å². The molecule has 0 saturated carbocycles. The summed E-state index contributed by atoms with van der Waals surface area (Å²) in [5.41, 5.74) is 2.95. The van der Waals surface area contributed by atoms with Crippen LogP contribution in [0.1, 0.15) is 60.6 Å². The molecule has 3 rings (SSSR count). The average molecular weight is 499 g/mol. The highest BCUT2D eigenvalue weighted by Crippen LogP contribution is 2.34. The van der Waals surface area contributed by atoms with Crippen LogP contribution in [0.2, 0.25) is 0 Å². The van der Waals surface area contributed by atoms with Crippen molar-refractivity contribution in [3.63, 3.8) is 0 Å². The van der Waals surface area contributed by atoms with Gasteiger partial charge in [0.2, 0.25) is 0 Å². The van der Waals surface area contributed by atoms with E-state index in [2.05, 4.69) is 10.4 Å². The number of ether oxygens (including phenoxy) is 2. The molecule has 35 heavy (non-hydrogen) atoms. The first-order chi connectivity index (χ1) is 16.6. The fourth-order valence-electron chi connectivity index (χ4n) is 3.34. The first-order valence-electron chi connectivity index (χ1n) is 11.2. The van der Waals surface area contributed by atoms with E-state index in [0.717, 1.165) is 28.2 Å². The lowest BCUT2D eigenvalue weighted by atomic mass is 10.1. The van der Waals surface area contributed by atoms with Crippen molar-refractivity contribution >= 4 is 34.1 Å². The van der Waals surface area contributed by atoms with Crippen LogP contribution in [0.5, 0.6) is 5.75 Å². The van der Waals surface area contributed by atoms with Gasteiger partial charge in [0.25, 0.3) is 11.8 Å². The number of anilines is 1. The summed E-state index contributed by atoms with van der Waals surface area (Å²) < 4.78 is 12.6. The van der Waals surface area contributed by atoms with Crippen LogP contribution in [0, 0.1) is 20.8 Å². The van der Waals surface area contributed by atoms with Crippen LogP contribution < -0.4 is 10.1 Å². The van der Waals surface area contributed by atoms with Gasteiger partial charge in [-0.25, -0.2) is 9.48 Å². The summed E-state index contributed by atoms with van der Waals surface area (Å²) in [5, 5.41) is 7.26. The van der Waals surface area contributed by atoms with Gasteiger partial charge in [-0.1, -0.05) is 24.6 Å². The Morgan fingerprint density at radius 2 is 1.89 bits per heavy atom. The van der Waals surface area contributed by atoms with Crippen LogP contribution in [0.25, 0.3) is 0 Å². The minimum absolute atomic E-state index is 0.130. The average Bonchev–Trinajstić information content (AvgIpc) is 3.41. The first kappa shape index (κ1) is 26.0. The molecule has 186 valence electrons. The number of benzene rings is 1. The van der Waals surface area contributed by atoms with Gasteiger partial charge < -0.3 is 19.7 Å². The Morgan fingerprint density at radius 3 is 2.54 bits per heavy atom. The second kappa shape index (κ2) is 11.2. The minimum Gasteiger partial charge on any atom is -0.471 e. The fraction of sp³-hybridized carbons (Fsp3) is 0.360. The van der Waals surface area contributed by atoms with E-state index in [9.17, 15) is 14.4 Å². The van der Waals surface area contributed by atoms with Crippen molar-refractivity contribution in [3.05, 3.63) is 63.3 Å². The third-order valence-electron chi connectivity index (χ3n) is 5.17. The molecular weight excluding hydrogens is 468 g/mol. The number of aromatic nitrogens is 2. The largest absolute Gasteiger partial charge is 0.471 e. The molecule has 0 unspecified atom stereocenters. The zero-order valence-electron chi connectivity index (χ0n) is 20.8. The highest BCUT2D eigenvalue weighted by atomic mass is 32.1. The van der Waals surface area contributed by atoms with Gasteiger partial charge in [-0.2, -0.15) is 5.10 Å². The molecule has 0 aliphatic rings. The number of esters is 1. The lowest BCUT2D eigenvalue weighted by molar-refractivity contribution is 0.0506. The molecule has 0 spiro atoms. The summed E-state index contributed by atoms with van der Waals surface area (Å²) >= 11 is 1.04. The number of hydrogen-bond donors (Lipinski definition) is 1. The molecular formula is C25H30N4O5S.